The summed E-state index contributed by atoms with van der Waals surface area (Å²) in [6.45, 7) is 0.270. The minimum Gasteiger partial charge on any atom is -0.329 e. The number of sulfonamides is 1. The molecular weight excluding hydrogens is 290 g/mol. The van der Waals surface area contributed by atoms with Crippen molar-refractivity contribution in [3.05, 3.63) is 28.0 Å². The van der Waals surface area contributed by atoms with Crippen LogP contribution in [0.15, 0.2) is 17.0 Å². The lowest BCUT2D eigenvalue weighted by atomic mass is 10.3. The summed E-state index contributed by atoms with van der Waals surface area (Å²) in [5.74, 6) is -0.949. The van der Waals surface area contributed by atoms with Gasteiger partial charge in [0.15, 0.2) is 5.82 Å². The molecule has 1 aromatic rings. The van der Waals surface area contributed by atoms with Crippen molar-refractivity contribution in [2.75, 3.05) is 20.1 Å². The highest BCUT2D eigenvalue weighted by atomic mass is 35.5. The van der Waals surface area contributed by atoms with Crippen molar-refractivity contribution >= 4 is 33.2 Å². The van der Waals surface area contributed by atoms with E-state index in [1.54, 1.807) is 0 Å². The Kier molecular flexibility index (Phi) is 4.74. The third-order valence-corrected chi connectivity index (χ3v) is 4.80. The molecule has 0 radical (unpaired) electrons. The summed E-state index contributed by atoms with van der Waals surface area (Å²) in [4.78, 5) is -0.322. The first-order chi connectivity index (χ1) is 7.82. The molecule has 4 nitrogen and oxygen atoms in total. The topological polar surface area (TPSA) is 63.4 Å². The number of benzene rings is 1. The molecule has 0 spiro atoms. The van der Waals surface area contributed by atoms with Crippen LogP contribution in [0.5, 0.6) is 0 Å². The Balaban J connectivity index is 3.30. The molecule has 0 amide bonds. The van der Waals surface area contributed by atoms with Gasteiger partial charge >= 0.3 is 0 Å². The third-order valence-electron chi connectivity index (χ3n) is 2.13. The van der Waals surface area contributed by atoms with E-state index in [4.69, 9.17) is 28.9 Å². The summed E-state index contributed by atoms with van der Waals surface area (Å²) < 4.78 is 38.4. The average Bonchev–Trinajstić information content (AvgIpc) is 2.26. The van der Waals surface area contributed by atoms with E-state index >= 15 is 0 Å². The highest BCUT2D eigenvalue weighted by molar-refractivity contribution is 7.89. The minimum atomic E-state index is -3.85. The largest absolute Gasteiger partial charge is 0.329 e. The first-order valence-corrected chi connectivity index (χ1v) is 6.82. The summed E-state index contributed by atoms with van der Waals surface area (Å²) in [7, 11) is -2.51. The van der Waals surface area contributed by atoms with E-state index in [-0.39, 0.29) is 23.0 Å². The molecule has 2 N–H and O–H groups in total. The van der Waals surface area contributed by atoms with Crippen molar-refractivity contribution in [3.8, 4) is 0 Å². The van der Waals surface area contributed by atoms with Crippen molar-refractivity contribution in [2.24, 2.45) is 5.73 Å². The Morgan fingerprint density at radius 3 is 2.53 bits per heavy atom. The summed E-state index contributed by atoms with van der Waals surface area (Å²) in [6, 6.07) is 2.31. The Morgan fingerprint density at radius 2 is 2.00 bits per heavy atom. The molecule has 0 saturated carbocycles. The van der Waals surface area contributed by atoms with Gasteiger partial charge in [0.25, 0.3) is 0 Å². The number of nitrogens with zero attached hydrogens (tertiary/aromatic N) is 1. The zero-order valence-electron chi connectivity index (χ0n) is 8.95. The minimum absolute atomic E-state index is 0.114. The second kappa shape index (κ2) is 5.49. The SMILES string of the molecule is CN(CCN)S(=O)(=O)c1ccc(Cl)c(F)c1Cl. The van der Waals surface area contributed by atoms with Crippen molar-refractivity contribution in [1.82, 2.24) is 4.31 Å². The lowest BCUT2D eigenvalue weighted by Crippen LogP contribution is -2.32. The van der Waals surface area contributed by atoms with Crippen LogP contribution in [-0.2, 0) is 10.0 Å². The summed E-state index contributed by atoms with van der Waals surface area (Å²) in [6.07, 6.45) is 0. The molecule has 0 heterocycles. The fraction of sp³-hybridized carbons (Fsp3) is 0.333. The van der Waals surface area contributed by atoms with Crippen LogP contribution in [0, 0.1) is 5.82 Å². The predicted molar refractivity (Wildman–Crippen MR) is 65.3 cm³/mol. The monoisotopic (exact) mass is 300 g/mol. The van der Waals surface area contributed by atoms with Crippen molar-refractivity contribution in [1.29, 1.82) is 0 Å². The summed E-state index contributed by atoms with van der Waals surface area (Å²) >= 11 is 11.1. The van der Waals surface area contributed by atoms with E-state index in [0.29, 0.717) is 0 Å². The number of rotatable bonds is 4. The lowest BCUT2D eigenvalue weighted by Gasteiger charge is -2.17. The quantitative estimate of drug-likeness (QED) is 0.861. The molecule has 0 atom stereocenters. The number of hydrogen-bond acceptors (Lipinski definition) is 3. The van der Waals surface area contributed by atoms with Gasteiger partial charge in [-0.2, -0.15) is 4.31 Å². The second-order valence-electron chi connectivity index (χ2n) is 3.29. The van der Waals surface area contributed by atoms with Gasteiger partial charge in [-0.3, -0.25) is 0 Å². The molecule has 0 saturated heterocycles. The van der Waals surface area contributed by atoms with Crippen molar-refractivity contribution in [2.45, 2.75) is 4.90 Å². The fourth-order valence-corrected chi connectivity index (χ4v) is 3.08. The Morgan fingerprint density at radius 1 is 1.41 bits per heavy atom. The van der Waals surface area contributed by atoms with Gasteiger partial charge in [0, 0.05) is 20.1 Å². The number of hydrogen-bond donors (Lipinski definition) is 1. The van der Waals surface area contributed by atoms with E-state index in [2.05, 4.69) is 0 Å². The van der Waals surface area contributed by atoms with Crippen LogP contribution >= 0.6 is 23.2 Å². The van der Waals surface area contributed by atoms with E-state index in [1.165, 1.54) is 7.05 Å². The van der Waals surface area contributed by atoms with Crippen LogP contribution in [0.3, 0.4) is 0 Å². The summed E-state index contributed by atoms with van der Waals surface area (Å²) in [5.41, 5.74) is 5.26. The maximum atomic E-state index is 13.4. The smallest absolute Gasteiger partial charge is 0.244 e. The molecule has 0 aromatic heterocycles. The van der Waals surface area contributed by atoms with Crippen molar-refractivity contribution < 1.29 is 12.8 Å². The molecule has 0 aliphatic heterocycles. The first-order valence-electron chi connectivity index (χ1n) is 4.62. The van der Waals surface area contributed by atoms with Crippen LogP contribution in [-0.4, -0.2) is 32.9 Å². The summed E-state index contributed by atoms with van der Waals surface area (Å²) in [5, 5.41) is -0.739. The van der Waals surface area contributed by atoms with E-state index in [0.717, 1.165) is 16.4 Å². The Labute approximate surface area is 109 Å². The van der Waals surface area contributed by atoms with Gasteiger partial charge in [-0.05, 0) is 12.1 Å². The Bertz CT molecular complexity index is 522. The molecule has 1 rings (SSSR count). The fourth-order valence-electron chi connectivity index (χ4n) is 1.18. The van der Waals surface area contributed by atoms with Gasteiger partial charge in [0.2, 0.25) is 10.0 Å². The van der Waals surface area contributed by atoms with Gasteiger partial charge in [0.1, 0.15) is 4.90 Å². The van der Waals surface area contributed by atoms with E-state index < -0.39 is 20.9 Å². The molecule has 8 heteroatoms. The first kappa shape index (κ1) is 14.7. The van der Waals surface area contributed by atoms with Gasteiger partial charge < -0.3 is 5.73 Å². The standard InChI is InChI=1S/C9H11Cl2FN2O2S/c1-14(5-4-13)17(15,16)7-3-2-6(10)9(12)8(7)11/h2-3H,4-5,13H2,1H3. The number of nitrogens with two attached hydrogens (primary N) is 1. The molecular formula is C9H11Cl2FN2O2S. The highest BCUT2D eigenvalue weighted by Gasteiger charge is 2.25. The highest BCUT2D eigenvalue weighted by Crippen LogP contribution is 2.30. The zero-order chi connectivity index (χ0) is 13.2. The molecule has 96 valence electrons. The van der Waals surface area contributed by atoms with Gasteiger partial charge in [-0.15, -0.1) is 0 Å². The van der Waals surface area contributed by atoms with Crippen LogP contribution in [0.2, 0.25) is 10.0 Å². The van der Waals surface area contributed by atoms with Crippen molar-refractivity contribution in [3.63, 3.8) is 0 Å². The molecule has 0 bridgehead atoms. The van der Waals surface area contributed by atoms with Crippen LogP contribution in [0.25, 0.3) is 0 Å². The number of likely N-dealkylation sites (N-methyl/N-ethyl adjacent to an activating group) is 1. The van der Waals surface area contributed by atoms with Crippen LogP contribution in [0.1, 0.15) is 0 Å². The average molecular weight is 301 g/mol. The lowest BCUT2D eigenvalue weighted by molar-refractivity contribution is 0.476. The second-order valence-corrected chi connectivity index (χ2v) is 6.09. The van der Waals surface area contributed by atoms with Gasteiger partial charge in [0.05, 0.1) is 10.0 Å². The van der Waals surface area contributed by atoms with Gasteiger partial charge in [-0.25, -0.2) is 12.8 Å². The number of halogens is 3. The normalized spacial score (nSPS) is 12.1. The maximum Gasteiger partial charge on any atom is 0.244 e. The molecule has 17 heavy (non-hydrogen) atoms. The molecule has 0 aliphatic rings. The van der Waals surface area contributed by atoms with E-state index in [9.17, 15) is 12.8 Å². The predicted octanol–water partition coefficient (Wildman–Crippen LogP) is 1.71. The molecule has 0 aliphatic carbocycles. The third kappa shape index (κ3) is 2.89. The zero-order valence-corrected chi connectivity index (χ0v) is 11.3. The van der Waals surface area contributed by atoms with Crippen LogP contribution < -0.4 is 5.73 Å². The van der Waals surface area contributed by atoms with Gasteiger partial charge in [-0.1, -0.05) is 23.2 Å². The molecule has 1 aromatic carbocycles. The molecule has 0 unspecified atom stereocenters. The molecule has 0 fully saturated rings. The van der Waals surface area contributed by atoms with Crippen LogP contribution in [0.4, 0.5) is 4.39 Å². The maximum absolute atomic E-state index is 13.4. The van der Waals surface area contributed by atoms with E-state index in [1.807, 2.05) is 0 Å². The Hall–Kier alpha value is -0.400.